The number of hydrogen-bond donors (Lipinski definition) is 0. The lowest BCUT2D eigenvalue weighted by molar-refractivity contribution is -0.277. The molecule has 2 aliphatic rings. The summed E-state index contributed by atoms with van der Waals surface area (Å²) in [5.41, 5.74) is -10.2. The molecule has 0 aliphatic heterocycles. The molecule has 0 radical (unpaired) electrons. The molecule has 0 spiro atoms. The molecule has 0 atom stereocenters. The van der Waals surface area contributed by atoms with E-state index in [1.807, 2.05) is 30.3 Å². The highest BCUT2D eigenvalue weighted by atomic mass is 19.4. The number of rotatable bonds is 6. The quantitative estimate of drug-likeness (QED) is 0.0909. The maximum absolute atomic E-state index is 15.2. The maximum atomic E-state index is 15.2. The lowest BCUT2D eigenvalue weighted by Crippen LogP contribution is -2.22. The molecule has 302 valence electrons. The van der Waals surface area contributed by atoms with Crippen molar-refractivity contribution >= 4 is 44.7 Å². The Labute approximate surface area is 358 Å². The zero-order valence-electron chi connectivity index (χ0n) is 31.9. The van der Waals surface area contributed by atoms with Crippen molar-refractivity contribution in [1.82, 2.24) is 0 Å². The van der Waals surface area contributed by atoms with Crippen LogP contribution in [0.1, 0.15) is 66.8 Å². The van der Waals surface area contributed by atoms with Crippen LogP contribution in [0.4, 0.5) is 26.3 Å². The molecule has 10 nitrogen and oxygen atoms in total. The van der Waals surface area contributed by atoms with Gasteiger partial charge in [0.05, 0.1) is 69.8 Å². The molecule has 7 rings (SSSR count). The number of nitrogens with zero attached hydrogens (tertiary/aromatic N) is 8. The third kappa shape index (κ3) is 7.36. The zero-order chi connectivity index (χ0) is 46.1. The smallest absolute Gasteiger partial charge is 0.404 e. The van der Waals surface area contributed by atoms with Gasteiger partial charge in [-0.05, 0) is 64.2 Å². The normalized spacial score (nSPS) is 14.2. The summed E-state index contributed by atoms with van der Waals surface area (Å²) in [6.07, 6.45) is -11.4. The molecule has 0 amide bonds. The van der Waals surface area contributed by atoms with Gasteiger partial charge in [-0.1, -0.05) is 60.7 Å². The van der Waals surface area contributed by atoms with E-state index in [0.717, 1.165) is 36.4 Å². The van der Waals surface area contributed by atoms with Crippen molar-refractivity contribution in [3.63, 3.8) is 0 Å². The van der Waals surface area contributed by atoms with Crippen LogP contribution < -0.4 is 9.47 Å². The molecular weight excluding hydrogens is 835 g/mol. The van der Waals surface area contributed by atoms with Crippen molar-refractivity contribution in [3.05, 3.63) is 175 Å². The minimum Gasteiger partial charge on any atom is -0.404 e. The number of alkyl halides is 6. The van der Waals surface area contributed by atoms with Crippen LogP contribution in [-0.2, 0) is 0 Å². The number of ether oxygens (including phenoxy) is 2. The van der Waals surface area contributed by atoms with E-state index >= 15 is 13.2 Å². The Kier molecular flexibility index (Phi) is 10.8. The number of halogens is 6. The Morgan fingerprint density at radius 1 is 0.484 bits per heavy atom. The first kappa shape index (κ1) is 42.3. The SMILES string of the molecule is [C-]#[N+]/C(=C1/C(c2ccccc2)=C(C#N)c2c(OC(F)(F)F)c3c(c(OC(F)(F)F)c21)/C(=C(\C#N)c1cc(C#N)cc(C#N)c1)C(c1ccccc1)=C3C#N)c1cc(C#N)cc(C#N)c1. The zero-order valence-corrected chi connectivity index (χ0v) is 31.9. The van der Waals surface area contributed by atoms with E-state index in [4.69, 9.17) is 16.0 Å². The molecule has 0 saturated carbocycles. The Bertz CT molecular complexity index is 3110. The van der Waals surface area contributed by atoms with Crippen molar-refractivity contribution in [2.75, 3.05) is 0 Å². The van der Waals surface area contributed by atoms with Gasteiger partial charge in [0.2, 0.25) is 5.70 Å². The minimum absolute atomic E-state index is 0.00808. The molecule has 64 heavy (non-hydrogen) atoms. The van der Waals surface area contributed by atoms with E-state index in [1.165, 1.54) is 60.7 Å². The standard InChI is InChI=1S/C48H16F6N8O2/c1-62-44(32-16-27(20-57)13-28(17-32)21-58)41-37(30-10-6-3-7-11-30)35(24-61)40-43(41)46(64-48(52,53)54)42-38(33(22-59)31-14-25(18-55)12-26(15-31)19-56)36(29-8-4-2-5-9-29)34(23-60)39(42)45(40)63-47(49,50)51/h2-17H/b38-33+,44-41-. The van der Waals surface area contributed by atoms with Gasteiger partial charge in [-0.2, -0.15) is 36.8 Å². The van der Waals surface area contributed by atoms with Crippen LogP contribution in [0.25, 0.3) is 49.6 Å². The molecule has 0 saturated heterocycles. The average molecular weight is 851 g/mol. The number of allylic oxidation sites excluding steroid dienone is 7. The lowest BCUT2D eigenvalue weighted by Gasteiger charge is -2.24. The van der Waals surface area contributed by atoms with E-state index in [2.05, 4.69) is 4.85 Å². The molecule has 2 aliphatic carbocycles. The van der Waals surface area contributed by atoms with Crippen molar-refractivity contribution in [3.8, 4) is 54.0 Å². The fourth-order valence-corrected chi connectivity index (χ4v) is 7.67. The van der Waals surface area contributed by atoms with E-state index in [1.54, 1.807) is 12.1 Å². The molecule has 0 N–H and O–H groups in total. The first-order valence-electron chi connectivity index (χ1n) is 18.0. The summed E-state index contributed by atoms with van der Waals surface area (Å²) in [7, 11) is 0. The first-order valence-corrected chi connectivity index (χ1v) is 18.0. The summed E-state index contributed by atoms with van der Waals surface area (Å²) in [5.74, 6) is -2.75. The topological polar surface area (TPSA) is 189 Å². The minimum atomic E-state index is -5.73. The highest BCUT2D eigenvalue weighted by Crippen LogP contribution is 2.65. The van der Waals surface area contributed by atoms with Gasteiger partial charge in [0.15, 0.2) is 0 Å². The van der Waals surface area contributed by atoms with E-state index in [9.17, 15) is 50.0 Å². The largest absolute Gasteiger partial charge is 0.573 e. The Hall–Kier alpha value is -9.84. The van der Waals surface area contributed by atoms with Crippen molar-refractivity contribution < 1.29 is 35.8 Å². The van der Waals surface area contributed by atoms with Gasteiger partial charge in [-0.25, -0.2) is 4.85 Å². The van der Waals surface area contributed by atoms with Crippen molar-refractivity contribution in [2.45, 2.75) is 12.7 Å². The Morgan fingerprint density at radius 3 is 1.22 bits per heavy atom. The number of benzene rings is 5. The molecule has 0 aromatic heterocycles. The second-order valence-corrected chi connectivity index (χ2v) is 13.5. The van der Waals surface area contributed by atoms with Crippen LogP contribution in [0.2, 0.25) is 0 Å². The molecule has 0 unspecified atom stereocenters. The summed E-state index contributed by atoms with van der Waals surface area (Å²) in [6.45, 7) is 8.43. The van der Waals surface area contributed by atoms with Gasteiger partial charge in [0.1, 0.15) is 29.7 Å². The third-order valence-electron chi connectivity index (χ3n) is 9.85. The second-order valence-electron chi connectivity index (χ2n) is 13.5. The molecule has 16 heteroatoms. The molecule has 0 fully saturated rings. The fraction of sp³-hybridized carbons (Fsp3) is 0.0417. The lowest BCUT2D eigenvalue weighted by atomic mass is 9.85. The number of fused-ring (bicyclic) bond motifs is 2. The summed E-state index contributed by atoms with van der Waals surface area (Å²) in [5, 5.41) is 72.3. The highest BCUT2D eigenvalue weighted by molar-refractivity contribution is 6.36. The predicted molar refractivity (Wildman–Crippen MR) is 215 cm³/mol. The van der Waals surface area contributed by atoms with Crippen LogP contribution >= 0.6 is 0 Å². The fourth-order valence-electron chi connectivity index (χ4n) is 7.67. The molecule has 0 heterocycles. The Balaban J connectivity index is 1.87. The molecular formula is C48H16F6N8O2. The summed E-state index contributed by atoms with van der Waals surface area (Å²) in [6, 6.07) is 33.6. The van der Waals surface area contributed by atoms with Gasteiger partial charge in [-0.3, -0.25) is 0 Å². The average Bonchev–Trinajstić information content (AvgIpc) is 3.81. The summed E-state index contributed by atoms with van der Waals surface area (Å²) >= 11 is 0. The third-order valence-corrected chi connectivity index (χ3v) is 9.85. The Morgan fingerprint density at radius 2 is 0.859 bits per heavy atom. The van der Waals surface area contributed by atoms with Gasteiger partial charge >= 0.3 is 12.7 Å². The van der Waals surface area contributed by atoms with Gasteiger partial charge in [-0.15, -0.1) is 26.3 Å². The molecule has 0 bridgehead atoms. The van der Waals surface area contributed by atoms with E-state index in [0.29, 0.717) is 0 Å². The summed E-state index contributed by atoms with van der Waals surface area (Å²) in [4.78, 5) is 3.60. The van der Waals surface area contributed by atoms with E-state index < -0.39 is 91.2 Å². The molecule has 5 aromatic carbocycles. The van der Waals surface area contributed by atoms with E-state index in [-0.39, 0.29) is 44.5 Å². The van der Waals surface area contributed by atoms with Crippen molar-refractivity contribution in [2.24, 2.45) is 0 Å². The number of hydrogen-bond acceptors (Lipinski definition) is 9. The van der Waals surface area contributed by atoms with Gasteiger partial charge in [0, 0.05) is 39.0 Å². The monoisotopic (exact) mass is 850 g/mol. The van der Waals surface area contributed by atoms with Crippen molar-refractivity contribution in [1.29, 1.82) is 36.8 Å². The van der Waals surface area contributed by atoms with Crippen LogP contribution in [0, 0.1) is 85.9 Å². The summed E-state index contributed by atoms with van der Waals surface area (Å²) < 4.78 is 100. The highest BCUT2D eigenvalue weighted by Gasteiger charge is 2.49. The van der Waals surface area contributed by atoms with Crippen LogP contribution in [0.3, 0.4) is 0 Å². The maximum Gasteiger partial charge on any atom is 0.573 e. The van der Waals surface area contributed by atoms with Crippen LogP contribution in [0.5, 0.6) is 11.5 Å². The molecule has 5 aromatic rings. The van der Waals surface area contributed by atoms with Gasteiger partial charge < -0.3 is 9.47 Å². The van der Waals surface area contributed by atoms with Gasteiger partial charge in [0.25, 0.3) is 0 Å². The van der Waals surface area contributed by atoms with Crippen LogP contribution in [-0.4, -0.2) is 12.7 Å². The number of nitriles is 7. The first-order chi connectivity index (χ1) is 30.6. The second kappa shape index (κ2) is 16.3. The van der Waals surface area contributed by atoms with Crippen LogP contribution in [0.15, 0.2) is 97.1 Å². The predicted octanol–water partition coefficient (Wildman–Crippen LogP) is 11.1.